The van der Waals surface area contributed by atoms with Crippen molar-refractivity contribution in [2.45, 2.75) is 51.5 Å². The van der Waals surface area contributed by atoms with E-state index in [4.69, 9.17) is 5.11 Å². The van der Waals surface area contributed by atoms with E-state index in [2.05, 4.69) is 10.6 Å². The molecule has 1 fully saturated rings. The fourth-order valence-electron chi connectivity index (χ4n) is 2.27. The molecule has 2 atom stereocenters. The summed E-state index contributed by atoms with van der Waals surface area (Å²) in [6.45, 7) is 4.02. The van der Waals surface area contributed by atoms with Gasteiger partial charge in [-0.1, -0.05) is 0 Å². The summed E-state index contributed by atoms with van der Waals surface area (Å²) >= 11 is 0. The Hall–Kier alpha value is -1.10. The van der Waals surface area contributed by atoms with Gasteiger partial charge in [-0.3, -0.25) is 9.59 Å². The van der Waals surface area contributed by atoms with Crippen molar-refractivity contribution in [1.82, 2.24) is 10.6 Å². The minimum atomic E-state index is -0.776. The molecule has 0 aliphatic carbocycles. The van der Waals surface area contributed by atoms with E-state index in [0.29, 0.717) is 18.8 Å². The van der Waals surface area contributed by atoms with Crippen LogP contribution in [0.15, 0.2) is 0 Å². The lowest BCUT2D eigenvalue weighted by molar-refractivity contribution is -0.137. The maximum atomic E-state index is 11.7. The van der Waals surface area contributed by atoms with Gasteiger partial charge in [0.25, 0.3) is 0 Å². The lowest BCUT2D eigenvalue weighted by atomic mass is 10.0. The summed E-state index contributed by atoms with van der Waals surface area (Å²) in [7, 11) is 0. The maximum Gasteiger partial charge on any atom is 0.303 e. The molecule has 0 radical (unpaired) electrons. The predicted molar refractivity (Wildman–Crippen MR) is 69.3 cm³/mol. The molecule has 0 spiro atoms. The van der Waals surface area contributed by atoms with Crippen LogP contribution in [0.3, 0.4) is 0 Å². The Morgan fingerprint density at radius 1 is 1.44 bits per heavy atom. The van der Waals surface area contributed by atoms with E-state index >= 15 is 0 Å². The number of hydrogen-bond donors (Lipinski definition) is 3. The molecule has 0 saturated carbocycles. The quantitative estimate of drug-likeness (QED) is 0.608. The summed E-state index contributed by atoms with van der Waals surface area (Å²) in [6, 6.07) is 0.0681. The van der Waals surface area contributed by atoms with Crippen molar-refractivity contribution in [3.8, 4) is 0 Å². The van der Waals surface area contributed by atoms with Crippen LogP contribution in [0.2, 0.25) is 0 Å². The molecular formula is C13H24N2O3. The molecule has 0 aromatic carbocycles. The Bertz CT molecular complexity index is 275. The van der Waals surface area contributed by atoms with Gasteiger partial charge >= 0.3 is 5.97 Å². The van der Waals surface area contributed by atoms with E-state index in [0.717, 1.165) is 25.9 Å². The topological polar surface area (TPSA) is 78.4 Å². The summed E-state index contributed by atoms with van der Waals surface area (Å²) in [4.78, 5) is 22.0. The Kier molecular flexibility index (Phi) is 6.72. The van der Waals surface area contributed by atoms with Gasteiger partial charge in [-0.05, 0) is 51.6 Å². The molecule has 0 aromatic heterocycles. The van der Waals surface area contributed by atoms with Crippen molar-refractivity contribution in [3.05, 3.63) is 0 Å². The van der Waals surface area contributed by atoms with Crippen molar-refractivity contribution in [1.29, 1.82) is 0 Å². The molecule has 2 unspecified atom stereocenters. The molecule has 0 aromatic rings. The van der Waals surface area contributed by atoms with Crippen LogP contribution in [0.5, 0.6) is 0 Å². The fourth-order valence-corrected chi connectivity index (χ4v) is 2.27. The predicted octanol–water partition coefficient (Wildman–Crippen LogP) is 1.14. The van der Waals surface area contributed by atoms with Crippen LogP contribution in [0.25, 0.3) is 0 Å². The average molecular weight is 256 g/mol. The zero-order chi connectivity index (χ0) is 13.4. The molecular weight excluding hydrogens is 232 g/mol. The molecule has 104 valence electrons. The van der Waals surface area contributed by atoms with Gasteiger partial charge in [-0.2, -0.15) is 0 Å². The molecule has 18 heavy (non-hydrogen) atoms. The van der Waals surface area contributed by atoms with E-state index in [1.807, 2.05) is 6.92 Å². The molecule has 1 saturated heterocycles. The molecule has 1 heterocycles. The van der Waals surface area contributed by atoms with Crippen LogP contribution >= 0.6 is 0 Å². The SMILES string of the molecule is CC(CCCC(=O)O)NC(=O)CCC1CCNC1. The lowest BCUT2D eigenvalue weighted by Crippen LogP contribution is -2.32. The normalized spacial score (nSPS) is 20.6. The number of carboxylic acids is 1. The van der Waals surface area contributed by atoms with Gasteiger partial charge in [0.15, 0.2) is 0 Å². The standard InChI is InChI=1S/C13H24N2O3/c1-10(3-2-4-13(17)18)15-12(16)6-5-11-7-8-14-9-11/h10-11,14H,2-9H2,1H3,(H,15,16)(H,17,18). The largest absolute Gasteiger partial charge is 0.481 e. The Balaban J connectivity index is 2.05. The van der Waals surface area contributed by atoms with Gasteiger partial charge in [-0.15, -0.1) is 0 Å². The first-order chi connectivity index (χ1) is 8.58. The zero-order valence-electron chi connectivity index (χ0n) is 11.1. The van der Waals surface area contributed by atoms with Gasteiger partial charge in [0.05, 0.1) is 0 Å². The Morgan fingerprint density at radius 2 is 2.22 bits per heavy atom. The van der Waals surface area contributed by atoms with E-state index < -0.39 is 5.97 Å². The summed E-state index contributed by atoms with van der Waals surface area (Å²) in [5, 5.41) is 14.7. The van der Waals surface area contributed by atoms with Gasteiger partial charge in [0.2, 0.25) is 5.91 Å². The van der Waals surface area contributed by atoms with E-state index in [-0.39, 0.29) is 18.4 Å². The first-order valence-corrected chi connectivity index (χ1v) is 6.80. The summed E-state index contributed by atoms with van der Waals surface area (Å²) in [6.07, 6.45) is 4.21. The number of nitrogens with one attached hydrogen (secondary N) is 2. The Morgan fingerprint density at radius 3 is 2.83 bits per heavy atom. The van der Waals surface area contributed by atoms with Crippen LogP contribution in [-0.4, -0.2) is 36.1 Å². The third-order valence-corrected chi connectivity index (χ3v) is 3.38. The van der Waals surface area contributed by atoms with Gasteiger partial charge in [0, 0.05) is 18.9 Å². The number of rotatable bonds is 8. The number of carboxylic acid groups (broad SMARTS) is 1. The first-order valence-electron chi connectivity index (χ1n) is 6.80. The molecule has 1 aliphatic rings. The van der Waals surface area contributed by atoms with Crippen LogP contribution in [0.4, 0.5) is 0 Å². The third-order valence-electron chi connectivity index (χ3n) is 3.38. The molecule has 5 nitrogen and oxygen atoms in total. The summed E-state index contributed by atoms with van der Waals surface area (Å²) in [5.41, 5.74) is 0. The number of carbonyl (C=O) groups excluding carboxylic acids is 1. The van der Waals surface area contributed by atoms with Crippen LogP contribution < -0.4 is 10.6 Å². The van der Waals surface area contributed by atoms with Crippen molar-refractivity contribution in [3.63, 3.8) is 0 Å². The van der Waals surface area contributed by atoms with E-state index in [1.165, 1.54) is 6.42 Å². The monoisotopic (exact) mass is 256 g/mol. The van der Waals surface area contributed by atoms with Gasteiger partial charge < -0.3 is 15.7 Å². The number of hydrogen-bond acceptors (Lipinski definition) is 3. The van der Waals surface area contributed by atoms with Crippen molar-refractivity contribution >= 4 is 11.9 Å². The zero-order valence-corrected chi connectivity index (χ0v) is 11.1. The first kappa shape index (κ1) is 15.0. The second kappa shape index (κ2) is 8.08. The van der Waals surface area contributed by atoms with Crippen LogP contribution in [-0.2, 0) is 9.59 Å². The highest BCUT2D eigenvalue weighted by atomic mass is 16.4. The molecule has 1 amide bonds. The van der Waals surface area contributed by atoms with Gasteiger partial charge in [0.1, 0.15) is 0 Å². The maximum absolute atomic E-state index is 11.7. The highest BCUT2D eigenvalue weighted by Gasteiger charge is 2.16. The average Bonchev–Trinajstić information content (AvgIpc) is 2.78. The lowest BCUT2D eigenvalue weighted by Gasteiger charge is -2.14. The highest BCUT2D eigenvalue weighted by molar-refractivity contribution is 5.76. The number of carbonyl (C=O) groups is 2. The number of aliphatic carboxylic acids is 1. The van der Waals surface area contributed by atoms with E-state index in [1.54, 1.807) is 0 Å². The summed E-state index contributed by atoms with van der Waals surface area (Å²) in [5.74, 6) is -0.0509. The molecule has 0 bridgehead atoms. The second-order valence-electron chi connectivity index (χ2n) is 5.15. The van der Waals surface area contributed by atoms with Crippen LogP contribution in [0.1, 0.15) is 45.4 Å². The minimum absolute atomic E-state index is 0.0681. The molecule has 3 N–H and O–H groups in total. The fraction of sp³-hybridized carbons (Fsp3) is 0.846. The van der Waals surface area contributed by atoms with Crippen molar-refractivity contribution in [2.24, 2.45) is 5.92 Å². The Labute approximate surface area is 108 Å². The van der Waals surface area contributed by atoms with Crippen molar-refractivity contribution < 1.29 is 14.7 Å². The smallest absolute Gasteiger partial charge is 0.303 e. The second-order valence-corrected chi connectivity index (χ2v) is 5.15. The highest BCUT2D eigenvalue weighted by Crippen LogP contribution is 2.14. The molecule has 1 aliphatic heterocycles. The minimum Gasteiger partial charge on any atom is -0.481 e. The molecule has 1 rings (SSSR count). The van der Waals surface area contributed by atoms with Crippen molar-refractivity contribution in [2.75, 3.05) is 13.1 Å². The van der Waals surface area contributed by atoms with Gasteiger partial charge in [-0.25, -0.2) is 0 Å². The number of amides is 1. The summed E-state index contributed by atoms with van der Waals surface area (Å²) < 4.78 is 0. The van der Waals surface area contributed by atoms with Crippen LogP contribution in [0, 0.1) is 5.92 Å². The third kappa shape index (κ3) is 6.59. The van der Waals surface area contributed by atoms with E-state index in [9.17, 15) is 9.59 Å². The molecule has 5 heteroatoms.